The quantitative estimate of drug-likeness (QED) is 0.657. The van der Waals surface area contributed by atoms with Crippen molar-refractivity contribution in [2.24, 2.45) is 0 Å². The zero-order valence-electron chi connectivity index (χ0n) is 8.34. The summed E-state index contributed by atoms with van der Waals surface area (Å²) in [6, 6.07) is -0.335. The number of nitrogens with one attached hydrogen (secondary N) is 2. The first-order chi connectivity index (χ1) is 6.74. The van der Waals surface area contributed by atoms with Crippen LogP contribution < -0.4 is 10.6 Å². The van der Waals surface area contributed by atoms with Crippen molar-refractivity contribution in [2.75, 3.05) is 18.1 Å². The van der Waals surface area contributed by atoms with E-state index in [0.717, 1.165) is 12.8 Å². The summed E-state index contributed by atoms with van der Waals surface area (Å²) in [5.74, 6) is 1.05. The molecule has 1 fully saturated rings. The van der Waals surface area contributed by atoms with E-state index in [1.165, 1.54) is 11.8 Å². The number of thioether (sulfide) groups is 1. The molecule has 0 bridgehead atoms. The van der Waals surface area contributed by atoms with Crippen LogP contribution in [-0.2, 0) is 9.59 Å². The van der Waals surface area contributed by atoms with Gasteiger partial charge in [-0.3, -0.25) is 9.59 Å². The third-order valence-corrected chi connectivity index (χ3v) is 3.03. The molecule has 1 saturated heterocycles. The van der Waals surface area contributed by atoms with Gasteiger partial charge in [-0.05, 0) is 6.42 Å². The Morgan fingerprint density at radius 2 is 2.50 bits per heavy atom. The molecule has 1 rings (SSSR count). The van der Waals surface area contributed by atoms with Crippen molar-refractivity contribution in [3.05, 3.63) is 0 Å². The minimum absolute atomic E-state index is 0.0445. The van der Waals surface area contributed by atoms with Gasteiger partial charge in [0.05, 0.1) is 5.75 Å². The average Bonchev–Trinajstić information content (AvgIpc) is 2.18. The Morgan fingerprint density at radius 3 is 3.14 bits per heavy atom. The first-order valence-corrected chi connectivity index (χ1v) is 6.04. The van der Waals surface area contributed by atoms with E-state index in [0.29, 0.717) is 18.1 Å². The standard InChI is InChI=1S/C9H16N2O2S/c1-2-3-4-10-9(13)7-5-14-6-8(12)11-7/h7H,2-6H2,1H3,(H,10,13)(H,11,12). The Hall–Kier alpha value is -0.710. The smallest absolute Gasteiger partial charge is 0.243 e. The number of hydrogen-bond acceptors (Lipinski definition) is 3. The van der Waals surface area contributed by atoms with Crippen LogP contribution in [0, 0.1) is 0 Å². The maximum atomic E-state index is 11.5. The van der Waals surface area contributed by atoms with Crippen LogP contribution >= 0.6 is 11.8 Å². The lowest BCUT2D eigenvalue weighted by Crippen LogP contribution is -2.51. The Bertz CT molecular complexity index is 221. The molecule has 1 aliphatic heterocycles. The minimum Gasteiger partial charge on any atom is -0.354 e. The highest BCUT2D eigenvalue weighted by Gasteiger charge is 2.24. The summed E-state index contributed by atoms with van der Waals surface area (Å²) < 4.78 is 0. The van der Waals surface area contributed by atoms with E-state index in [9.17, 15) is 9.59 Å². The van der Waals surface area contributed by atoms with E-state index in [1.54, 1.807) is 0 Å². The molecule has 1 heterocycles. The van der Waals surface area contributed by atoms with Gasteiger partial charge in [-0.25, -0.2) is 0 Å². The normalized spacial score (nSPS) is 21.5. The molecular formula is C9H16N2O2S. The highest BCUT2D eigenvalue weighted by Crippen LogP contribution is 2.08. The summed E-state index contributed by atoms with van der Waals surface area (Å²) in [4.78, 5) is 22.5. The molecule has 1 unspecified atom stereocenters. The molecule has 0 saturated carbocycles. The fourth-order valence-electron chi connectivity index (χ4n) is 1.20. The molecule has 0 aliphatic carbocycles. The molecule has 0 spiro atoms. The second-order valence-corrected chi connectivity index (χ2v) is 4.31. The Morgan fingerprint density at radius 1 is 1.71 bits per heavy atom. The highest BCUT2D eigenvalue weighted by atomic mass is 32.2. The van der Waals surface area contributed by atoms with Crippen LogP contribution in [0.2, 0.25) is 0 Å². The molecule has 0 aromatic carbocycles. The largest absolute Gasteiger partial charge is 0.354 e. The summed E-state index contributed by atoms with van der Waals surface area (Å²) in [7, 11) is 0. The van der Waals surface area contributed by atoms with E-state index < -0.39 is 0 Å². The number of amides is 2. The van der Waals surface area contributed by atoms with Crippen molar-refractivity contribution in [3.63, 3.8) is 0 Å². The Balaban J connectivity index is 2.25. The Labute approximate surface area is 88.2 Å². The van der Waals surface area contributed by atoms with Crippen LogP contribution in [0.15, 0.2) is 0 Å². The molecule has 14 heavy (non-hydrogen) atoms. The second-order valence-electron chi connectivity index (χ2n) is 3.28. The number of unbranched alkanes of at least 4 members (excludes halogenated alkanes) is 1. The lowest BCUT2D eigenvalue weighted by atomic mass is 10.3. The number of rotatable bonds is 4. The van der Waals surface area contributed by atoms with E-state index in [-0.39, 0.29) is 17.9 Å². The van der Waals surface area contributed by atoms with Crippen LogP contribution in [0.4, 0.5) is 0 Å². The minimum atomic E-state index is -0.335. The van der Waals surface area contributed by atoms with Crippen molar-refractivity contribution in [1.29, 1.82) is 0 Å². The third kappa shape index (κ3) is 3.57. The lowest BCUT2D eigenvalue weighted by Gasteiger charge is -2.21. The molecule has 2 N–H and O–H groups in total. The first kappa shape index (κ1) is 11.4. The fraction of sp³-hybridized carbons (Fsp3) is 0.778. The van der Waals surface area contributed by atoms with Gasteiger partial charge in [0, 0.05) is 12.3 Å². The topological polar surface area (TPSA) is 58.2 Å². The monoisotopic (exact) mass is 216 g/mol. The first-order valence-electron chi connectivity index (χ1n) is 4.89. The molecular weight excluding hydrogens is 200 g/mol. The van der Waals surface area contributed by atoms with Crippen LogP contribution in [0.1, 0.15) is 19.8 Å². The van der Waals surface area contributed by atoms with E-state index in [4.69, 9.17) is 0 Å². The summed E-state index contributed by atoms with van der Waals surface area (Å²) in [5, 5.41) is 5.48. The van der Waals surface area contributed by atoms with Crippen molar-refractivity contribution in [3.8, 4) is 0 Å². The van der Waals surface area contributed by atoms with Crippen LogP contribution in [0.3, 0.4) is 0 Å². The van der Waals surface area contributed by atoms with Gasteiger partial charge in [-0.1, -0.05) is 13.3 Å². The van der Waals surface area contributed by atoms with Gasteiger partial charge in [0.1, 0.15) is 6.04 Å². The van der Waals surface area contributed by atoms with Gasteiger partial charge in [0.25, 0.3) is 0 Å². The molecule has 0 aromatic rings. The average molecular weight is 216 g/mol. The van der Waals surface area contributed by atoms with Gasteiger partial charge in [-0.15, -0.1) is 11.8 Å². The Kier molecular flexibility index (Phi) is 4.79. The van der Waals surface area contributed by atoms with Crippen molar-refractivity contribution >= 4 is 23.6 Å². The van der Waals surface area contributed by atoms with Crippen LogP contribution in [0.5, 0.6) is 0 Å². The molecule has 0 radical (unpaired) electrons. The highest BCUT2D eigenvalue weighted by molar-refractivity contribution is 8.00. The molecule has 5 heteroatoms. The van der Waals surface area contributed by atoms with E-state index in [1.807, 2.05) is 0 Å². The number of carbonyl (C=O) groups is 2. The van der Waals surface area contributed by atoms with Crippen LogP contribution in [-0.4, -0.2) is 35.9 Å². The van der Waals surface area contributed by atoms with Gasteiger partial charge >= 0.3 is 0 Å². The molecule has 1 aliphatic rings. The summed E-state index contributed by atoms with van der Waals surface area (Å²) in [6.07, 6.45) is 2.05. The number of hydrogen-bond donors (Lipinski definition) is 2. The summed E-state index contributed by atoms with van der Waals surface area (Å²) >= 11 is 1.51. The predicted octanol–water partition coefficient (Wildman–Crippen LogP) is 0.134. The lowest BCUT2D eigenvalue weighted by molar-refractivity contribution is -0.127. The van der Waals surface area contributed by atoms with Gasteiger partial charge in [0.2, 0.25) is 11.8 Å². The molecule has 80 valence electrons. The number of carbonyl (C=O) groups excluding carboxylic acids is 2. The summed E-state index contributed by atoms with van der Waals surface area (Å²) in [5.41, 5.74) is 0. The van der Waals surface area contributed by atoms with E-state index >= 15 is 0 Å². The SMILES string of the molecule is CCCCNC(=O)C1CSCC(=O)N1. The van der Waals surface area contributed by atoms with Gasteiger partial charge < -0.3 is 10.6 Å². The maximum Gasteiger partial charge on any atom is 0.243 e. The molecule has 4 nitrogen and oxygen atoms in total. The molecule has 0 aromatic heterocycles. The fourth-order valence-corrected chi connectivity index (χ4v) is 2.06. The predicted molar refractivity (Wildman–Crippen MR) is 57.2 cm³/mol. The molecule has 1 atom stereocenters. The zero-order chi connectivity index (χ0) is 10.4. The second kappa shape index (κ2) is 5.90. The van der Waals surface area contributed by atoms with E-state index in [2.05, 4.69) is 17.6 Å². The van der Waals surface area contributed by atoms with Gasteiger partial charge in [-0.2, -0.15) is 0 Å². The third-order valence-electron chi connectivity index (χ3n) is 2.00. The maximum absolute atomic E-state index is 11.5. The van der Waals surface area contributed by atoms with Crippen LogP contribution in [0.25, 0.3) is 0 Å². The van der Waals surface area contributed by atoms with Gasteiger partial charge in [0.15, 0.2) is 0 Å². The molecule has 2 amide bonds. The van der Waals surface area contributed by atoms with Crippen molar-refractivity contribution in [2.45, 2.75) is 25.8 Å². The van der Waals surface area contributed by atoms with Crippen molar-refractivity contribution < 1.29 is 9.59 Å². The van der Waals surface area contributed by atoms with Crippen molar-refractivity contribution in [1.82, 2.24) is 10.6 Å². The summed E-state index contributed by atoms with van der Waals surface area (Å²) in [6.45, 7) is 2.77. The zero-order valence-corrected chi connectivity index (χ0v) is 9.15.